The van der Waals surface area contributed by atoms with E-state index in [1.54, 1.807) is 0 Å². The van der Waals surface area contributed by atoms with Crippen LogP contribution in [0.15, 0.2) is 116 Å². The number of benzene rings is 5. The summed E-state index contributed by atoms with van der Waals surface area (Å²) in [5.74, 6) is 0.890. The number of aryl methyl sites for hydroxylation is 1. The second kappa shape index (κ2) is 10.3. The molecule has 0 radical (unpaired) electrons. The summed E-state index contributed by atoms with van der Waals surface area (Å²) < 4.78 is 4.42. The monoisotopic (exact) mass is 723 g/mol. The zero-order chi connectivity index (χ0) is 27.5. The fraction of sp³-hybridized carbons (Fsp3) is 0.0556. The van der Waals surface area contributed by atoms with Crippen molar-refractivity contribution in [3.63, 3.8) is 0 Å². The van der Waals surface area contributed by atoms with E-state index < -0.39 is 0 Å². The molecule has 0 N–H and O–H groups in total. The van der Waals surface area contributed by atoms with Crippen LogP contribution in [0.2, 0.25) is 0 Å². The van der Waals surface area contributed by atoms with E-state index >= 15 is 0 Å². The predicted octanol–water partition coefficient (Wildman–Crippen LogP) is 7.94. The first-order chi connectivity index (χ1) is 20.1. The molecular formula is C36H26N5Pt-3. The Kier molecular flexibility index (Phi) is 6.48. The zero-order valence-electron chi connectivity index (χ0n) is 23.1. The molecule has 0 saturated heterocycles. The van der Waals surface area contributed by atoms with Crippen LogP contribution in [0.4, 0.5) is 5.69 Å². The number of rotatable bonds is 4. The third kappa shape index (κ3) is 4.24. The molecule has 1 aliphatic rings. The van der Waals surface area contributed by atoms with Crippen molar-refractivity contribution >= 4 is 38.5 Å². The van der Waals surface area contributed by atoms with Gasteiger partial charge in [0.2, 0.25) is 0 Å². The topological polar surface area (TPSA) is 29.2 Å². The van der Waals surface area contributed by atoms with E-state index in [-0.39, 0.29) is 21.1 Å². The molecule has 208 valence electrons. The van der Waals surface area contributed by atoms with Crippen molar-refractivity contribution < 1.29 is 21.1 Å². The normalized spacial score (nSPS) is 13.0. The molecule has 7 aromatic rings. The number of imidazole rings is 1. The zero-order valence-corrected chi connectivity index (χ0v) is 25.4. The number of aromatic nitrogens is 3. The van der Waals surface area contributed by atoms with Crippen molar-refractivity contribution in [2.24, 2.45) is 7.05 Å². The van der Waals surface area contributed by atoms with Crippen LogP contribution in [0.25, 0.3) is 61.0 Å². The van der Waals surface area contributed by atoms with E-state index in [2.05, 4.69) is 130 Å². The van der Waals surface area contributed by atoms with Gasteiger partial charge in [0.1, 0.15) is 0 Å². The average molecular weight is 724 g/mol. The van der Waals surface area contributed by atoms with Crippen molar-refractivity contribution in [1.82, 2.24) is 19.0 Å². The van der Waals surface area contributed by atoms with Gasteiger partial charge >= 0.3 is 0 Å². The molecule has 0 fully saturated rings. The van der Waals surface area contributed by atoms with Crippen molar-refractivity contribution in [3.05, 3.63) is 134 Å². The van der Waals surface area contributed by atoms with Crippen LogP contribution in [0.5, 0.6) is 0 Å². The van der Waals surface area contributed by atoms with Gasteiger partial charge in [0, 0.05) is 33.6 Å². The molecule has 8 rings (SSSR count). The molecule has 42 heavy (non-hydrogen) atoms. The third-order valence-corrected chi connectivity index (χ3v) is 7.86. The smallest absolute Gasteiger partial charge is 0.0776 e. The van der Waals surface area contributed by atoms with E-state index in [1.165, 1.54) is 10.9 Å². The molecule has 2 aromatic heterocycles. The maximum absolute atomic E-state index is 5.10. The quantitative estimate of drug-likeness (QED) is 0.173. The summed E-state index contributed by atoms with van der Waals surface area (Å²) in [5.41, 5.74) is 9.45. The van der Waals surface area contributed by atoms with E-state index in [0.29, 0.717) is 0 Å². The summed E-state index contributed by atoms with van der Waals surface area (Å²) in [7, 11) is 4.10. The van der Waals surface area contributed by atoms with E-state index in [0.717, 1.165) is 55.8 Å². The van der Waals surface area contributed by atoms with Gasteiger partial charge in [-0.1, -0.05) is 65.7 Å². The molecule has 0 atom stereocenters. The summed E-state index contributed by atoms with van der Waals surface area (Å²) in [6.07, 6.45) is 4.07. The molecule has 0 saturated carbocycles. The fourth-order valence-electron chi connectivity index (χ4n) is 5.84. The SMILES string of the molecule is CN1C=CN(c2[c-]c(-n3c4[c-]c(-c5nc6cc(-c7ccccc7)ccc6n5C)ccc4c4ccccc43)ccc2)[CH-]1.[Pt]. The van der Waals surface area contributed by atoms with E-state index in [9.17, 15) is 0 Å². The number of para-hydroxylation sites is 1. The van der Waals surface area contributed by atoms with Gasteiger partial charge in [0.25, 0.3) is 0 Å². The largest absolute Gasteiger partial charge is 0.510 e. The molecule has 0 spiro atoms. The van der Waals surface area contributed by atoms with Crippen LogP contribution in [-0.2, 0) is 28.1 Å². The summed E-state index contributed by atoms with van der Waals surface area (Å²) in [6.45, 7) is 2.04. The molecule has 0 unspecified atom stereocenters. The maximum Gasteiger partial charge on any atom is 0.0776 e. The summed E-state index contributed by atoms with van der Waals surface area (Å²) in [4.78, 5) is 9.20. The molecule has 6 heteroatoms. The van der Waals surface area contributed by atoms with Crippen molar-refractivity contribution in [3.8, 4) is 28.2 Å². The summed E-state index contributed by atoms with van der Waals surface area (Å²) in [6, 6.07) is 43.5. The molecular weight excluding hydrogens is 698 g/mol. The Morgan fingerprint density at radius 3 is 2.31 bits per heavy atom. The number of fused-ring (bicyclic) bond motifs is 4. The number of hydrogen-bond acceptors (Lipinski definition) is 3. The van der Waals surface area contributed by atoms with Crippen LogP contribution < -0.4 is 4.90 Å². The molecule has 3 heterocycles. The van der Waals surface area contributed by atoms with E-state index in [4.69, 9.17) is 4.98 Å². The molecule has 1 aliphatic heterocycles. The summed E-state index contributed by atoms with van der Waals surface area (Å²) >= 11 is 0. The molecule has 0 aliphatic carbocycles. The van der Waals surface area contributed by atoms with Crippen LogP contribution in [0, 0.1) is 18.8 Å². The third-order valence-electron chi connectivity index (χ3n) is 7.86. The minimum Gasteiger partial charge on any atom is -0.510 e. The number of hydrogen-bond donors (Lipinski definition) is 0. The Labute approximate surface area is 259 Å². The Morgan fingerprint density at radius 1 is 0.667 bits per heavy atom. The number of anilines is 1. The van der Waals surface area contributed by atoms with Crippen molar-refractivity contribution in [1.29, 1.82) is 0 Å². The Morgan fingerprint density at radius 2 is 1.48 bits per heavy atom. The minimum absolute atomic E-state index is 0. The Hall–Kier alpha value is -4.60. The standard InChI is InChI=1S/C36H26N5.Pt/c1-38-19-20-40(24-38)28-11-8-12-29(23-28)41-33-14-7-6-13-30(33)31-17-15-27(22-35(31)41)36-37-32-21-26(16-18-34(32)39(36)2)25-9-4-3-5-10-25;/h3-21,24H,1-2H3;/q-3;. The van der Waals surface area contributed by atoms with Crippen molar-refractivity contribution in [2.45, 2.75) is 0 Å². The van der Waals surface area contributed by atoms with Crippen LogP contribution in [-0.4, -0.2) is 26.1 Å². The van der Waals surface area contributed by atoms with Gasteiger partial charge in [-0.25, -0.2) is 0 Å². The van der Waals surface area contributed by atoms with E-state index in [1.807, 2.05) is 37.1 Å². The molecule has 5 nitrogen and oxygen atoms in total. The fourth-order valence-corrected chi connectivity index (χ4v) is 5.84. The van der Waals surface area contributed by atoms with Crippen LogP contribution in [0.3, 0.4) is 0 Å². The van der Waals surface area contributed by atoms with Gasteiger partial charge in [-0.15, -0.1) is 47.6 Å². The van der Waals surface area contributed by atoms with Gasteiger partial charge in [0.15, 0.2) is 0 Å². The van der Waals surface area contributed by atoms with Gasteiger partial charge in [-0.3, -0.25) is 4.98 Å². The maximum atomic E-state index is 5.10. The van der Waals surface area contributed by atoms with Crippen LogP contribution >= 0.6 is 0 Å². The second-order valence-electron chi connectivity index (χ2n) is 10.5. The Balaban J connectivity index is 0.00000288. The Bertz CT molecular complexity index is 2120. The van der Waals surface area contributed by atoms with Crippen molar-refractivity contribution in [2.75, 3.05) is 11.9 Å². The first-order valence-corrected chi connectivity index (χ1v) is 13.7. The predicted molar refractivity (Wildman–Crippen MR) is 167 cm³/mol. The molecule has 0 bridgehead atoms. The molecule has 0 amide bonds. The minimum atomic E-state index is 0. The second-order valence-corrected chi connectivity index (χ2v) is 10.5. The van der Waals surface area contributed by atoms with Gasteiger partial charge in [0.05, 0.1) is 16.9 Å². The van der Waals surface area contributed by atoms with Gasteiger partial charge in [-0.05, 0) is 59.7 Å². The average Bonchev–Trinajstić information content (AvgIpc) is 3.70. The molecule has 5 aromatic carbocycles. The van der Waals surface area contributed by atoms with Crippen LogP contribution in [0.1, 0.15) is 0 Å². The first-order valence-electron chi connectivity index (χ1n) is 13.7. The summed E-state index contributed by atoms with van der Waals surface area (Å²) in [5, 5.41) is 2.34. The van der Waals surface area contributed by atoms with Gasteiger partial charge in [-0.2, -0.15) is 12.7 Å². The first kappa shape index (κ1) is 26.3. The number of nitrogens with zero attached hydrogens (tertiary/aromatic N) is 5. The van der Waals surface area contributed by atoms with Gasteiger partial charge < -0.3 is 18.9 Å².